The number of rotatable bonds is 6. The maximum atomic E-state index is 15.2. The molecule has 1 N–H and O–H groups in total. The molecule has 5 aromatic rings. The van der Waals surface area contributed by atoms with E-state index in [-0.39, 0.29) is 22.0 Å². The first kappa shape index (κ1) is 25.9. The maximum absolute atomic E-state index is 15.2. The van der Waals surface area contributed by atoms with Gasteiger partial charge in [-0.25, -0.2) is 9.37 Å². The minimum absolute atomic E-state index is 0.0544. The standard InChI is InChI=1S/C29H22FN5O3S2/c1-16-10-12-18(13-11-16)15-39-29-33-32-28(40-29)35-24(19-7-3-4-8-20(19)30)22(26(37)27(35)38)25(36)23-17(2)31-21-9-5-6-14-34(21)23/h3-14,24,36H,15H2,1-2H3. The number of aliphatic hydroxyl groups is 1. The van der Waals surface area contributed by atoms with Gasteiger partial charge in [-0.1, -0.05) is 77.2 Å². The molecule has 1 aliphatic rings. The lowest BCUT2D eigenvalue weighted by atomic mass is 9.96. The molecule has 2 aromatic carbocycles. The first-order chi connectivity index (χ1) is 19.3. The Morgan fingerprint density at radius 3 is 2.55 bits per heavy atom. The Bertz CT molecular complexity index is 1810. The summed E-state index contributed by atoms with van der Waals surface area (Å²) in [5.41, 5.74) is 3.33. The number of hydrogen-bond acceptors (Lipinski definition) is 8. The lowest BCUT2D eigenvalue weighted by molar-refractivity contribution is -0.132. The third-order valence-electron chi connectivity index (χ3n) is 6.66. The van der Waals surface area contributed by atoms with Crippen LogP contribution in [0.2, 0.25) is 0 Å². The van der Waals surface area contributed by atoms with Crippen molar-refractivity contribution in [2.24, 2.45) is 0 Å². The van der Waals surface area contributed by atoms with Crippen molar-refractivity contribution in [1.29, 1.82) is 0 Å². The topological polar surface area (TPSA) is 101 Å². The molecule has 0 radical (unpaired) electrons. The highest BCUT2D eigenvalue weighted by Gasteiger charge is 2.49. The number of anilines is 1. The summed E-state index contributed by atoms with van der Waals surface area (Å²) in [4.78, 5) is 32.6. The summed E-state index contributed by atoms with van der Waals surface area (Å²) in [6.45, 7) is 3.71. The number of amides is 1. The largest absolute Gasteiger partial charge is 0.505 e. The van der Waals surface area contributed by atoms with Gasteiger partial charge in [-0.15, -0.1) is 10.2 Å². The van der Waals surface area contributed by atoms with Gasteiger partial charge < -0.3 is 5.11 Å². The summed E-state index contributed by atoms with van der Waals surface area (Å²) in [6, 6.07) is 18.0. The molecule has 0 saturated carbocycles. The Morgan fingerprint density at radius 1 is 1.02 bits per heavy atom. The zero-order valence-corrected chi connectivity index (χ0v) is 23.0. The number of aromatic nitrogens is 4. The molecule has 8 nitrogen and oxygen atoms in total. The number of benzene rings is 2. The van der Waals surface area contributed by atoms with Crippen molar-refractivity contribution < 1.29 is 19.1 Å². The Kier molecular flexibility index (Phi) is 6.68. The van der Waals surface area contributed by atoms with Crippen LogP contribution in [0.4, 0.5) is 9.52 Å². The van der Waals surface area contributed by atoms with Gasteiger partial charge in [-0.2, -0.15) is 0 Å². The predicted molar refractivity (Wildman–Crippen MR) is 152 cm³/mol. The molecule has 1 aliphatic heterocycles. The van der Waals surface area contributed by atoms with Gasteiger partial charge in [-0.3, -0.25) is 18.9 Å². The SMILES string of the molecule is Cc1ccc(CSc2nnc(N3C(=O)C(=O)C(=C(O)c4c(C)nc5ccccn45)C3c3ccccc3F)s2)cc1. The number of imidazole rings is 1. The minimum atomic E-state index is -1.25. The minimum Gasteiger partial charge on any atom is -0.505 e. The molecule has 200 valence electrons. The summed E-state index contributed by atoms with van der Waals surface area (Å²) in [7, 11) is 0. The van der Waals surface area contributed by atoms with Crippen LogP contribution in [-0.2, 0) is 15.3 Å². The second kappa shape index (κ2) is 10.3. The number of pyridine rings is 1. The second-order valence-corrected chi connectivity index (χ2v) is 11.5. The van der Waals surface area contributed by atoms with Crippen LogP contribution in [0.15, 0.2) is 82.8 Å². The van der Waals surface area contributed by atoms with Crippen LogP contribution in [0.3, 0.4) is 0 Å². The average molecular weight is 572 g/mol. The first-order valence-electron chi connectivity index (χ1n) is 12.3. The summed E-state index contributed by atoms with van der Waals surface area (Å²) in [5, 5.41) is 20.1. The number of aliphatic hydroxyl groups excluding tert-OH is 1. The monoisotopic (exact) mass is 571 g/mol. The number of Topliss-reactive ketones (excluding diaryl/α,β-unsaturated/α-hetero) is 1. The van der Waals surface area contributed by atoms with E-state index in [0.717, 1.165) is 27.4 Å². The van der Waals surface area contributed by atoms with Gasteiger partial charge >= 0.3 is 5.91 Å². The summed E-state index contributed by atoms with van der Waals surface area (Å²) < 4.78 is 17.4. The van der Waals surface area contributed by atoms with Gasteiger partial charge in [0.2, 0.25) is 5.13 Å². The van der Waals surface area contributed by atoms with E-state index in [0.29, 0.717) is 21.4 Å². The number of nitrogens with zero attached hydrogens (tertiary/aromatic N) is 5. The summed E-state index contributed by atoms with van der Waals surface area (Å²) in [6.07, 6.45) is 1.70. The third-order valence-corrected chi connectivity index (χ3v) is 8.78. The van der Waals surface area contributed by atoms with Crippen LogP contribution in [0, 0.1) is 19.7 Å². The lowest BCUT2D eigenvalue weighted by Crippen LogP contribution is -2.29. The molecule has 0 bridgehead atoms. The highest BCUT2D eigenvalue weighted by molar-refractivity contribution is 8.00. The van der Waals surface area contributed by atoms with E-state index in [4.69, 9.17) is 0 Å². The van der Waals surface area contributed by atoms with Crippen molar-refractivity contribution in [1.82, 2.24) is 19.6 Å². The van der Waals surface area contributed by atoms with E-state index < -0.39 is 29.3 Å². The highest BCUT2D eigenvalue weighted by atomic mass is 32.2. The zero-order valence-electron chi connectivity index (χ0n) is 21.4. The van der Waals surface area contributed by atoms with Crippen LogP contribution >= 0.6 is 23.1 Å². The van der Waals surface area contributed by atoms with Crippen molar-refractivity contribution in [2.45, 2.75) is 30.0 Å². The third kappa shape index (κ3) is 4.46. The van der Waals surface area contributed by atoms with Crippen molar-refractivity contribution in [3.05, 3.63) is 112 Å². The number of carbonyl (C=O) groups is 2. The molecule has 3 aromatic heterocycles. The number of carbonyl (C=O) groups excluding carboxylic acids is 2. The molecular formula is C29H22FN5O3S2. The van der Waals surface area contributed by atoms with E-state index in [1.165, 1.54) is 30.0 Å². The normalized spacial score (nSPS) is 16.8. The van der Waals surface area contributed by atoms with E-state index in [1.807, 2.05) is 31.2 Å². The van der Waals surface area contributed by atoms with Gasteiger partial charge in [0, 0.05) is 17.5 Å². The van der Waals surface area contributed by atoms with Gasteiger partial charge in [0.1, 0.15) is 23.2 Å². The summed E-state index contributed by atoms with van der Waals surface area (Å²) >= 11 is 2.57. The van der Waals surface area contributed by atoms with Crippen LogP contribution in [0.5, 0.6) is 0 Å². The molecule has 1 unspecified atom stereocenters. The van der Waals surface area contributed by atoms with Crippen molar-refractivity contribution >= 4 is 51.3 Å². The van der Waals surface area contributed by atoms with Crippen LogP contribution in [0.1, 0.15) is 34.1 Å². The molecule has 40 heavy (non-hydrogen) atoms. The van der Waals surface area contributed by atoms with Crippen LogP contribution in [-0.4, -0.2) is 36.4 Å². The smallest absolute Gasteiger partial charge is 0.301 e. The predicted octanol–water partition coefficient (Wildman–Crippen LogP) is 5.86. The molecule has 1 saturated heterocycles. The quantitative estimate of drug-likeness (QED) is 0.0896. The number of hydrogen-bond donors (Lipinski definition) is 1. The summed E-state index contributed by atoms with van der Waals surface area (Å²) in [5.74, 6) is -2.30. The molecule has 1 fully saturated rings. The first-order valence-corrected chi connectivity index (χ1v) is 14.1. The van der Waals surface area contributed by atoms with Gasteiger partial charge in [0.15, 0.2) is 10.1 Å². The van der Waals surface area contributed by atoms with Crippen molar-refractivity contribution in [3.8, 4) is 0 Å². The van der Waals surface area contributed by atoms with Gasteiger partial charge in [0.25, 0.3) is 5.78 Å². The van der Waals surface area contributed by atoms with Gasteiger partial charge in [-0.05, 0) is 37.6 Å². The fourth-order valence-corrected chi connectivity index (χ4v) is 6.56. The maximum Gasteiger partial charge on any atom is 0.301 e. The molecule has 6 rings (SSSR count). The van der Waals surface area contributed by atoms with E-state index in [2.05, 4.69) is 15.2 Å². The second-order valence-electron chi connectivity index (χ2n) is 9.29. The van der Waals surface area contributed by atoms with Crippen LogP contribution in [0.25, 0.3) is 11.4 Å². The number of fused-ring (bicyclic) bond motifs is 1. The lowest BCUT2D eigenvalue weighted by Gasteiger charge is -2.22. The van der Waals surface area contributed by atoms with Gasteiger partial charge in [0.05, 0.1) is 11.3 Å². The number of thioether (sulfide) groups is 1. The fraction of sp³-hybridized carbons (Fsp3) is 0.138. The Labute approximate surface area is 236 Å². The Morgan fingerprint density at radius 2 is 1.77 bits per heavy atom. The number of halogens is 1. The Balaban J connectivity index is 1.44. The Hall–Kier alpha value is -4.35. The molecule has 0 spiro atoms. The molecular weight excluding hydrogens is 549 g/mol. The molecule has 1 atom stereocenters. The number of aryl methyl sites for hydroxylation is 2. The van der Waals surface area contributed by atoms with Crippen molar-refractivity contribution in [3.63, 3.8) is 0 Å². The molecule has 1 amide bonds. The molecule has 4 heterocycles. The fourth-order valence-electron chi connectivity index (χ4n) is 4.73. The highest BCUT2D eigenvalue weighted by Crippen LogP contribution is 2.45. The average Bonchev–Trinajstić information content (AvgIpc) is 3.62. The van der Waals surface area contributed by atoms with E-state index >= 15 is 4.39 Å². The van der Waals surface area contributed by atoms with E-state index in [9.17, 15) is 14.7 Å². The van der Waals surface area contributed by atoms with Crippen molar-refractivity contribution in [2.75, 3.05) is 4.90 Å². The van der Waals surface area contributed by atoms with Crippen LogP contribution < -0.4 is 4.90 Å². The molecule has 11 heteroatoms. The zero-order chi connectivity index (χ0) is 28.0. The number of ketones is 1. The van der Waals surface area contributed by atoms with E-state index in [1.54, 1.807) is 41.8 Å². The molecule has 0 aliphatic carbocycles.